The number of aryl methyl sites for hydroxylation is 2. The van der Waals surface area contributed by atoms with Gasteiger partial charge in [-0.3, -0.25) is 4.99 Å². The van der Waals surface area contributed by atoms with E-state index in [2.05, 4.69) is 27.2 Å². The number of methoxy groups -OCH3 is 1. The van der Waals surface area contributed by atoms with Crippen LogP contribution >= 0.6 is 8.86 Å². The van der Waals surface area contributed by atoms with Gasteiger partial charge in [-0.05, 0) is 60.4 Å². The highest BCUT2D eigenvalue weighted by molar-refractivity contribution is 7.06. The monoisotopic (exact) mass is 452 g/mol. The molecule has 7 heteroatoms. The van der Waals surface area contributed by atoms with Crippen LogP contribution in [0, 0.1) is 17.8 Å². The first-order valence-electron chi connectivity index (χ1n) is 10.4. The summed E-state index contributed by atoms with van der Waals surface area (Å²) in [5.41, 5.74) is 7.64. The molecule has 3 aromatic rings. The average Bonchev–Trinajstić information content (AvgIpc) is 2.91. The van der Waals surface area contributed by atoms with Crippen LogP contribution in [0.4, 0.5) is 4.39 Å². The smallest absolute Gasteiger partial charge is 0.165 e. The van der Waals surface area contributed by atoms with Crippen molar-refractivity contribution in [1.29, 1.82) is 0 Å². The molecule has 0 saturated heterocycles. The average molecular weight is 452 g/mol. The second-order valence-corrected chi connectivity index (χ2v) is 8.24. The molecule has 0 aliphatic carbocycles. The number of hydrogen-bond acceptors (Lipinski definition) is 4. The zero-order valence-electron chi connectivity index (χ0n) is 18.7. The molecule has 0 unspecified atom stereocenters. The van der Waals surface area contributed by atoms with Gasteiger partial charge in [0.05, 0.1) is 31.0 Å². The van der Waals surface area contributed by atoms with E-state index < -0.39 is 0 Å². The van der Waals surface area contributed by atoms with Crippen LogP contribution in [0.3, 0.4) is 0 Å². The molecule has 0 bridgehead atoms. The molecule has 0 spiro atoms. The predicted molar refractivity (Wildman–Crippen MR) is 126 cm³/mol. The molecule has 2 aromatic carbocycles. The molecule has 1 aromatic heterocycles. The van der Waals surface area contributed by atoms with E-state index >= 15 is 0 Å². The summed E-state index contributed by atoms with van der Waals surface area (Å²) in [5.74, 6) is -0.183. The maximum absolute atomic E-state index is 14.3. The van der Waals surface area contributed by atoms with Crippen molar-refractivity contribution in [2.24, 2.45) is 12.0 Å². The number of aliphatic imine (C=N–C) groups is 1. The van der Waals surface area contributed by atoms with E-state index in [0.29, 0.717) is 19.8 Å². The van der Waals surface area contributed by atoms with Gasteiger partial charge in [-0.25, -0.2) is 14.2 Å². The van der Waals surface area contributed by atoms with Crippen LogP contribution in [-0.4, -0.2) is 24.0 Å². The molecule has 0 N–H and O–H groups in total. The van der Waals surface area contributed by atoms with Gasteiger partial charge >= 0.3 is 0 Å². The van der Waals surface area contributed by atoms with Gasteiger partial charge in [0.15, 0.2) is 11.6 Å². The number of halogens is 1. The minimum Gasteiger partial charge on any atom is -0.494 e. The van der Waals surface area contributed by atoms with Crippen molar-refractivity contribution < 1.29 is 18.9 Å². The van der Waals surface area contributed by atoms with Crippen LogP contribution in [0.15, 0.2) is 47.6 Å². The molecule has 4 rings (SSSR count). The maximum atomic E-state index is 14.3. The number of aromatic nitrogens is 1. The molecule has 5 nitrogen and oxygen atoms in total. The number of rotatable bonds is 6. The van der Waals surface area contributed by atoms with E-state index in [1.165, 1.54) is 13.2 Å². The molecule has 166 valence electrons. The quantitative estimate of drug-likeness (QED) is 0.210. The molecule has 0 fully saturated rings. The van der Waals surface area contributed by atoms with E-state index in [-0.39, 0.29) is 11.6 Å². The fraction of sp³-hybridized carbons (Fsp3) is 0.280. The molecule has 1 aliphatic heterocycles. The van der Waals surface area contributed by atoms with E-state index in [9.17, 15) is 4.39 Å². The van der Waals surface area contributed by atoms with Crippen LogP contribution in [0.5, 0.6) is 5.75 Å². The number of ether oxygens (including phenoxy) is 1. The van der Waals surface area contributed by atoms with Crippen molar-refractivity contribution >= 4 is 14.6 Å². The third-order valence-electron chi connectivity index (χ3n) is 5.58. The minimum atomic E-state index is -0.384. The highest BCUT2D eigenvalue weighted by atomic mass is 31.0. The Bertz CT molecular complexity index is 1270. The van der Waals surface area contributed by atoms with Crippen LogP contribution in [0.25, 0.3) is 11.1 Å². The van der Waals surface area contributed by atoms with Crippen molar-refractivity contribution in [2.75, 3.05) is 13.7 Å². The Hall–Kier alpha value is -2.79. The lowest BCUT2D eigenvalue weighted by molar-refractivity contribution is -0.300. The molecular weight excluding hydrogens is 426 g/mol. The van der Waals surface area contributed by atoms with Crippen molar-refractivity contribution in [1.82, 2.24) is 4.57 Å². The third kappa shape index (κ3) is 4.26. The number of pyridine rings is 1. The first-order chi connectivity index (χ1) is 15.4. The number of nitrogens with zero attached hydrogens (tertiary/aromatic N) is 2. The lowest BCUT2D eigenvalue weighted by atomic mass is 9.90. The molecule has 0 atom stereocenters. The lowest BCUT2D eigenvalue weighted by Gasteiger charge is -2.16. The normalized spacial score (nSPS) is 12.6. The van der Waals surface area contributed by atoms with Gasteiger partial charge in [-0.15, -0.1) is 0 Å². The SMILES string of the molecule is CCOOCc1ccc2c(c1)-c1cn(C)c(=P)cc1CN=C2c1cc(OC)c(F)cc1C. The van der Waals surface area contributed by atoms with E-state index in [1.807, 2.05) is 37.6 Å². The Balaban J connectivity index is 1.92. The molecule has 32 heavy (non-hydrogen) atoms. The maximum Gasteiger partial charge on any atom is 0.165 e. The summed E-state index contributed by atoms with van der Waals surface area (Å²) in [6.07, 6.45) is 2.10. The van der Waals surface area contributed by atoms with Gasteiger partial charge in [-0.1, -0.05) is 21.0 Å². The number of hydrogen-bond donors (Lipinski definition) is 0. The number of fused-ring (bicyclic) bond motifs is 3. The Morgan fingerprint density at radius 1 is 1.06 bits per heavy atom. The Kier molecular flexibility index (Phi) is 6.56. The first-order valence-corrected chi connectivity index (χ1v) is 10.9. The van der Waals surface area contributed by atoms with Gasteiger partial charge in [0.25, 0.3) is 0 Å². The zero-order valence-corrected chi connectivity index (χ0v) is 19.7. The summed E-state index contributed by atoms with van der Waals surface area (Å²) in [7, 11) is 7.13. The molecule has 0 saturated carbocycles. The van der Waals surface area contributed by atoms with Gasteiger partial charge in [0.1, 0.15) is 6.61 Å². The Morgan fingerprint density at radius 3 is 2.62 bits per heavy atom. The summed E-state index contributed by atoms with van der Waals surface area (Å²) in [5, 5.41) is 0.958. The highest BCUT2D eigenvalue weighted by Crippen LogP contribution is 2.35. The van der Waals surface area contributed by atoms with Crippen molar-refractivity contribution in [3.8, 4) is 16.9 Å². The minimum absolute atomic E-state index is 0.201. The Labute approximate surface area is 189 Å². The Morgan fingerprint density at radius 2 is 1.88 bits per heavy atom. The van der Waals surface area contributed by atoms with E-state index in [0.717, 1.165) is 49.7 Å². The first kappa shape index (κ1) is 22.4. The summed E-state index contributed by atoms with van der Waals surface area (Å²) >= 11 is 0. The lowest BCUT2D eigenvalue weighted by Crippen LogP contribution is -2.09. The molecule has 2 heterocycles. The van der Waals surface area contributed by atoms with Gasteiger partial charge in [0, 0.05) is 29.9 Å². The van der Waals surface area contributed by atoms with E-state index in [1.54, 1.807) is 6.07 Å². The summed E-state index contributed by atoms with van der Waals surface area (Å²) in [6.45, 7) is 5.10. The second kappa shape index (κ2) is 9.37. The van der Waals surface area contributed by atoms with Crippen molar-refractivity contribution in [3.05, 3.63) is 81.3 Å². The topological polar surface area (TPSA) is 45.0 Å². The van der Waals surface area contributed by atoms with Crippen molar-refractivity contribution in [2.45, 2.75) is 27.0 Å². The third-order valence-corrected chi connectivity index (χ3v) is 6.07. The molecule has 1 aliphatic rings. The fourth-order valence-electron chi connectivity index (χ4n) is 3.91. The number of benzene rings is 2. The van der Waals surface area contributed by atoms with Crippen LogP contribution in [-0.2, 0) is 30.0 Å². The van der Waals surface area contributed by atoms with Gasteiger partial charge < -0.3 is 9.30 Å². The summed E-state index contributed by atoms with van der Waals surface area (Å²) in [6, 6.07) is 11.5. The predicted octanol–water partition coefficient (Wildman–Crippen LogP) is 5.64. The van der Waals surface area contributed by atoms with Crippen LogP contribution in [0.1, 0.15) is 34.7 Å². The molecule has 0 radical (unpaired) electrons. The zero-order chi connectivity index (χ0) is 22.8. The molecular formula is C25H26FN2O3P. The van der Waals surface area contributed by atoms with Crippen molar-refractivity contribution in [3.63, 3.8) is 0 Å². The summed E-state index contributed by atoms with van der Waals surface area (Å²) < 4.78 is 21.6. The van der Waals surface area contributed by atoms with Crippen LogP contribution < -0.4 is 4.74 Å². The highest BCUT2D eigenvalue weighted by Gasteiger charge is 2.22. The molecule has 0 amide bonds. The van der Waals surface area contributed by atoms with E-state index in [4.69, 9.17) is 19.5 Å². The largest absolute Gasteiger partial charge is 0.494 e. The van der Waals surface area contributed by atoms with Gasteiger partial charge in [-0.2, -0.15) is 0 Å². The van der Waals surface area contributed by atoms with Crippen LogP contribution in [0.2, 0.25) is 0 Å². The fourth-order valence-corrected chi connectivity index (χ4v) is 4.15. The van der Waals surface area contributed by atoms with Gasteiger partial charge in [0.2, 0.25) is 0 Å². The summed E-state index contributed by atoms with van der Waals surface area (Å²) in [4.78, 5) is 15.3. The second-order valence-electron chi connectivity index (χ2n) is 7.72. The standard InChI is InChI=1S/C25H26FN2O3P/c1-5-30-31-14-16-6-7-18-20(9-16)21-13-28(3)24(32)10-17(21)12-27-25(18)19-11-23(29-4)22(26)8-15(19)2/h6-11,13,32H,5,12,14H2,1-4H3.